The number of halogens is 3. The number of ether oxygens (including phenoxy) is 1. The molecule has 2 N–H and O–H groups in total. The highest BCUT2D eigenvalue weighted by atomic mass is 19.3. The standard InChI is InChI=1S/C18H16F3N3O2/c1-17(18(20,21)10-26-16(22)24-17)12-8-11(5-6-13(12)19)9-15(25)14-4-2-3-7-23-14/h2-8H,9-10H2,1H3,(H2,22,24)/t17-/m1/s1. The van der Waals surface area contributed by atoms with E-state index in [1.165, 1.54) is 18.3 Å². The van der Waals surface area contributed by atoms with Crippen molar-refractivity contribution in [3.05, 3.63) is 65.2 Å². The molecule has 0 radical (unpaired) electrons. The maximum absolute atomic E-state index is 14.4. The second-order valence-corrected chi connectivity index (χ2v) is 6.14. The minimum atomic E-state index is -3.47. The van der Waals surface area contributed by atoms with Gasteiger partial charge in [-0.3, -0.25) is 9.78 Å². The van der Waals surface area contributed by atoms with E-state index in [9.17, 15) is 18.0 Å². The van der Waals surface area contributed by atoms with E-state index < -0.39 is 29.9 Å². The van der Waals surface area contributed by atoms with E-state index in [-0.39, 0.29) is 23.5 Å². The van der Waals surface area contributed by atoms with Crippen LogP contribution in [0, 0.1) is 5.82 Å². The molecule has 1 aliphatic rings. The molecule has 0 saturated carbocycles. The highest BCUT2D eigenvalue weighted by Crippen LogP contribution is 2.44. The van der Waals surface area contributed by atoms with Crippen molar-refractivity contribution < 1.29 is 22.7 Å². The number of amidine groups is 1. The topological polar surface area (TPSA) is 77.6 Å². The van der Waals surface area contributed by atoms with Crippen molar-refractivity contribution in [1.29, 1.82) is 0 Å². The second kappa shape index (κ2) is 6.44. The molecule has 1 atom stereocenters. The molecule has 2 heterocycles. The van der Waals surface area contributed by atoms with E-state index in [0.717, 1.165) is 13.0 Å². The first kappa shape index (κ1) is 17.9. The minimum Gasteiger partial charge on any atom is -0.459 e. The van der Waals surface area contributed by atoms with Crippen LogP contribution in [0.2, 0.25) is 0 Å². The average Bonchev–Trinajstić information content (AvgIpc) is 2.61. The lowest BCUT2D eigenvalue weighted by Crippen LogP contribution is -2.51. The average molecular weight is 363 g/mol. The van der Waals surface area contributed by atoms with Gasteiger partial charge in [0, 0.05) is 18.2 Å². The zero-order chi connectivity index (χ0) is 18.9. The van der Waals surface area contributed by atoms with Gasteiger partial charge in [-0.1, -0.05) is 12.1 Å². The lowest BCUT2D eigenvalue weighted by molar-refractivity contribution is -0.117. The third kappa shape index (κ3) is 3.14. The number of aromatic nitrogens is 1. The lowest BCUT2D eigenvalue weighted by atomic mass is 9.84. The fourth-order valence-corrected chi connectivity index (χ4v) is 2.76. The number of carbonyl (C=O) groups is 1. The Morgan fingerprint density at radius 1 is 1.31 bits per heavy atom. The van der Waals surface area contributed by atoms with E-state index in [1.54, 1.807) is 18.2 Å². The van der Waals surface area contributed by atoms with E-state index >= 15 is 0 Å². The Labute approximate surface area is 147 Å². The Balaban J connectivity index is 1.98. The Morgan fingerprint density at radius 2 is 2.08 bits per heavy atom. The first-order valence-electron chi connectivity index (χ1n) is 7.82. The molecule has 1 aliphatic heterocycles. The van der Waals surface area contributed by atoms with Crippen molar-refractivity contribution in [2.75, 3.05) is 6.61 Å². The van der Waals surface area contributed by atoms with Gasteiger partial charge >= 0.3 is 5.92 Å². The van der Waals surface area contributed by atoms with Crippen molar-refractivity contribution >= 4 is 11.8 Å². The molecule has 0 fully saturated rings. The zero-order valence-electron chi connectivity index (χ0n) is 13.9. The smallest absolute Gasteiger partial charge is 0.310 e. The highest BCUT2D eigenvalue weighted by Gasteiger charge is 2.56. The minimum absolute atomic E-state index is 0.109. The molecule has 3 rings (SSSR count). The fourth-order valence-electron chi connectivity index (χ4n) is 2.76. The van der Waals surface area contributed by atoms with E-state index in [0.29, 0.717) is 5.56 Å². The van der Waals surface area contributed by atoms with Crippen LogP contribution in [0.5, 0.6) is 0 Å². The van der Waals surface area contributed by atoms with Crippen LogP contribution in [-0.2, 0) is 16.7 Å². The van der Waals surface area contributed by atoms with Gasteiger partial charge in [-0.2, -0.15) is 8.78 Å². The number of rotatable bonds is 4. The molecular formula is C18H16F3N3O2. The first-order chi connectivity index (χ1) is 12.2. The number of aliphatic imine (C=N–C) groups is 1. The van der Waals surface area contributed by atoms with Gasteiger partial charge in [0.15, 0.2) is 17.9 Å². The van der Waals surface area contributed by atoms with Crippen LogP contribution in [-0.4, -0.2) is 29.3 Å². The summed E-state index contributed by atoms with van der Waals surface area (Å²) >= 11 is 0. The second-order valence-electron chi connectivity index (χ2n) is 6.14. The van der Waals surface area contributed by atoms with Crippen LogP contribution in [0.4, 0.5) is 13.2 Å². The molecule has 0 saturated heterocycles. The molecule has 1 aromatic heterocycles. The maximum atomic E-state index is 14.4. The summed E-state index contributed by atoms with van der Waals surface area (Å²) in [5.74, 6) is -4.64. The molecule has 26 heavy (non-hydrogen) atoms. The molecule has 8 heteroatoms. The van der Waals surface area contributed by atoms with Gasteiger partial charge in [-0.25, -0.2) is 9.38 Å². The van der Waals surface area contributed by atoms with Gasteiger partial charge in [0.2, 0.25) is 0 Å². The predicted octanol–water partition coefficient (Wildman–Crippen LogP) is 2.84. The van der Waals surface area contributed by atoms with Crippen molar-refractivity contribution in [2.45, 2.75) is 24.8 Å². The molecule has 0 aliphatic carbocycles. The summed E-state index contributed by atoms with van der Waals surface area (Å²) in [7, 11) is 0. The molecular weight excluding hydrogens is 347 g/mol. The number of benzene rings is 1. The van der Waals surface area contributed by atoms with Crippen molar-refractivity contribution in [2.24, 2.45) is 10.7 Å². The Bertz CT molecular complexity index is 871. The van der Waals surface area contributed by atoms with Gasteiger partial charge in [0.1, 0.15) is 11.5 Å². The summed E-state index contributed by atoms with van der Waals surface area (Å²) in [5.41, 5.74) is 3.45. The fraction of sp³-hybridized carbons (Fsp3) is 0.278. The lowest BCUT2D eigenvalue weighted by Gasteiger charge is -2.37. The number of nitrogens with two attached hydrogens (primary N) is 1. The first-order valence-corrected chi connectivity index (χ1v) is 7.82. The predicted molar refractivity (Wildman–Crippen MR) is 88.5 cm³/mol. The Hall–Kier alpha value is -2.90. The van der Waals surface area contributed by atoms with Crippen LogP contribution >= 0.6 is 0 Å². The van der Waals surface area contributed by atoms with E-state index in [2.05, 4.69) is 14.7 Å². The monoisotopic (exact) mass is 363 g/mol. The summed E-state index contributed by atoms with van der Waals surface area (Å²) in [6, 6.07) is 8.07. The largest absolute Gasteiger partial charge is 0.459 e. The quantitative estimate of drug-likeness (QED) is 0.848. The van der Waals surface area contributed by atoms with Crippen molar-refractivity contribution in [3.8, 4) is 0 Å². The molecule has 136 valence electrons. The number of alkyl halides is 2. The molecule has 2 aromatic rings. The summed E-state index contributed by atoms with van der Waals surface area (Å²) in [6.45, 7) is 0.0838. The number of hydrogen-bond acceptors (Lipinski definition) is 5. The van der Waals surface area contributed by atoms with Gasteiger partial charge in [-0.05, 0) is 36.8 Å². The molecule has 0 bridgehead atoms. The number of Topliss-reactive ketones (excluding diaryl/α,β-unsaturated/α-hetero) is 1. The number of ketones is 1. The molecule has 5 nitrogen and oxygen atoms in total. The summed E-state index contributed by atoms with van der Waals surface area (Å²) < 4.78 is 47.8. The molecule has 1 aromatic carbocycles. The summed E-state index contributed by atoms with van der Waals surface area (Å²) in [4.78, 5) is 19.9. The van der Waals surface area contributed by atoms with E-state index in [1.807, 2.05) is 0 Å². The van der Waals surface area contributed by atoms with Crippen LogP contribution < -0.4 is 5.73 Å². The number of hydrogen-bond donors (Lipinski definition) is 1. The van der Waals surface area contributed by atoms with E-state index in [4.69, 9.17) is 5.73 Å². The summed E-state index contributed by atoms with van der Waals surface area (Å²) in [6.07, 6.45) is 1.37. The Kier molecular flexibility index (Phi) is 4.43. The highest BCUT2D eigenvalue weighted by molar-refractivity contribution is 5.95. The number of carbonyl (C=O) groups excluding carboxylic acids is 1. The van der Waals surface area contributed by atoms with Gasteiger partial charge < -0.3 is 10.5 Å². The maximum Gasteiger partial charge on any atom is 0.310 e. The number of nitrogens with zero attached hydrogens (tertiary/aromatic N) is 2. The third-order valence-corrected chi connectivity index (χ3v) is 4.32. The van der Waals surface area contributed by atoms with Gasteiger partial charge in [-0.15, -0.1) is 0 Å². The van der Waals surface area contributed by atoms with Crippen molar-refractivity contribution in [3.63, 3.8) is 0 Å². The third-order valence-electron chi connectivity index (χ3n) is 4.32. The number of pyridine rings is 1. The van der Waals surface area contributed by atoms with Crippen molar-refractivity contribution in [1.82, 2.24) is 4.98 Å². The molecule has 0 amide bonds. The van der Waals surface area contributed by atoms with Gasteiger partial charge in [0.05, 0.1) is 0 Å². The summed E-state index contributed by atoms with van der Waals surface area (Å²) in [5, 5.41) is 0. The Morgan fingerprint density at radius 3 is 2.77 bits per heavy atom. The molecule has 0 spiro atoms. The molecule has 0 unspecified atom stereocenters. The van der Waals surface area contributed by atoms with Crippen LogP contribution in [0.15, 0.2) is 47.6 Å². The zero-order valence-corrected chi connectivity index (χ0v) is 13.9. The normalized spacial score (nSPS) is 21.6. The van der Waals surface area contributed by atoms with Gasteiger partial charge in [0.25, 0.3) is 6.02 Å². The van der Waals surface area contributed by atoms with Crippen LogP contribution in [0.3, 0.4) is 0 Å². The van der Waals surface area contributed by atoms with Crippen LogP contribution in [0.25, 0.3) is 0 Å². The SMILES string of the molecule is C[C@]1(c2cc(CC(=O)c3ccccn3)ccc2F)N=C(N)OCC1(F)F. The van der Waals surface area contributed by atoms with Crippen LogP contribution in [0.1, 0.15) is 28.5 Å².